The lowest BCUT2D eigenvalue weighted by Gasteiger charge is -2.03. The Morgan fingerprint density at radius 1 is 1.60 bits per heavy atom. The summed E-state index contributed by atoms with van der Waals surface area (Å²) in [6, 6.07) is 0. The van der Waals surface area contributed by atoms with Crippen molar-refractivity contribution in [2.75, 3.05) is 0 Å². The zero-order chi connectivity index (χ0) is 8.15. The van der Waals surface area contributed by atoms with Gasteiger partial charge in [-0.3, -0.25) is 0 Å². The van der Waals surface area contributed by atoms with Crippen molar-refractivity contribution >= 4 is 50.9 Å². The SMILES string of the molecule is C/C=C(I)/C(PI)=C(/C)N. The molecule has 0 rings (SSSR count). The van der Waals surface area contributed by atoms with Gasteiger partial charge in [0.15, 0.2) is 0 Å². The van der Waals surface area contributed by atoms with E-state index in [1.165, 1.54) is 8.89 Å². The minimum Gasteiger partial charge on any atom is -0.402 e. The van der Waals surface area contributed by atoms with Gasteiger partial charge in [0.05, 0.1) is 0 Å². The Morgan fingerprint density at radius 3 is 2.20 bits per heavy atom. The molecule has 0 spiro atoms. The maximum absolute atomic E-state index is 5.66. The van der Waals surface area contributed by atoms with Crippen molar-refractivity contribution in [3.63, 3.8) is 0 Å². The molecule has 0 aromatic rings. The summed E-state index contributed by atoms with van der Waals surface area (Å²) in [4.78, 5) is 0. The molecule has 0 saturated carbocycles. The molecular weight excluding hydrogens is 371 g/mol. The summed E-state index contributed by atoms with van der Waals surface area (Å²) >= 11 is 4.66. The van der Waals surface area contributed by atoms with Crippen molar-refractivity contribution < 1.29 is 0 Å². The molecule has 0 saturated heterocycles. The van der Waals surface area contributed by atoms with Gasteiger partial charge < -0.3 is 5.73 Å². The number of hydrogen-bond acceptors (Lipinski definition) is 1. The summed E-state index contributed by atoms with van der Waals surface area (Å²) in [7, 11) is 0. The standard InChI is InChI=1S/C6H10I2NP/c1-3-5(7)6(10-8)4(2)9/h3,10H,9H2,1-2H3/b5-3-,6-4+. The van der Waals surface area contributed by atoms with Crippen LogP contribution in [0, 0.1) is 0 Å². The molecule has 0 bridgehead atoms. The van der Waals surface area contributed by atoms with Gasteiger partial charge in [-0.15, -0.1) is 0 Å². The van der Waals surface area contributed by atoms with Crippen molar-refractivity contribution in [3.05, 3.63) is 20.7 Å². The lowest BCUT2D eigenvalue weighted by Crippen LogP contribution is -1.93. The molecule has 0 aromatic carbocycles. The molecule has 0 radical (unpaired) electrons. The van der Waals surface area contributed by atoms with E-state index in [-0.39, 0.29) is 0 Å². The third kappa shape index (κ3) is 3.53. The van der Waals surface area contributed by atoms with Gasteiger partial charge in [0.25, 0.3) is 0 Å². The van der Waals surface area contributed by atoms with Crippen molar-refractivity contribution in [2.45, 2.75) is 13.8 Å². The molecule has 0 heterocycles. The monoisotopic (exact) mass is 381 g/mol. The number of rotatable bonds is 2. The zero-order valence-corrected chi connectivity index (χ0v) is 11.2. The summed E-state index contributed by atoms with van der Waals surface area (Å²) in [5, 5.41) is 1.28. The van der Waals surface area contributed by atoms with Gasteiger partial charge in [-0.05, 0) is 42.7 Å². The molecule has 0 amide bonds. The van der Waals surface area contributed by atoms with Gasteiger partial charge in [-0.25, -0.2) is 0 Å². The lowest BCUT2D eigenvalue weighted by atomic mass is 10.4. The summed E-state index contributed by atoms with van der Waals surface area (Å²) in [5.41, 5.74) is 6.60. The number of hydrogen-bond donors (Lipinski definition) is 1. The second kappa shape index (κ2) is 5.77. The first kappa shape index (κ1) is 11.2. The summed E-state index contributed by atoms with van der Waals surface area (Å²) < 4.78 is 1.27. The van der Waals surface area contributed by atoms with Gasteiger partial charge in [0.2, 0.25) is 0 Å². The Morgan fingerprint density at radius 2 is 2.10 bits per heavy atom. The van der Waals surface area contributed by atoms with Crippen molar-refractivity contribution in [1.29, 1.82) is 0 Å². The highest BCUT2D eigenvalue weighted by Gasteiger charge is 2.00. The fourth-order valence-corrected chi connectivity index (χ4v) is 5.36. The minimum absolute atomic E-state index is 0.765. The van der Waals surface area contributed by atoms with Crippen molar-refractivity contribution in [1.82, 2.24) is 0 Å². The van der Waals surface area contributed by atoms with E-state index >= 15 is 0 Å². The smallest absolute Gasteiger partial charge is 0.0186 e. The van der Waals surface area contributed by atoms with Crippen LogP contribution in [0.4, 0.5) is 0 Å². The van der Waals surface area contributed by atoms with Crippen LogP contribution in [0.25, 0.3) is 0 Å². The quantitative estimate of drug-likeness (QED) is 0.442. The first-order chi connectivity index (χ1) is 4.63. The van der Waals surface area contributed by atoms with E-state index in [0.717, 1.165) is 11.9 Å². The molecule has 10 heavy (non-hydrogen) atoms. The number of nitrogens with two attached hydrogens (primary N) is 1. The van der Waals surface area contributed by atoms with E-state index in [1.54, 1.807) is 0 Å². The van der Waals surface area contributed by atoms with Gasteiger partial charge in [0, 0.05) is 14.6 Å². The normalized spacial score (nSPS) is 16.2. The molecule has 0 aromatic heterocycles. The van der Waals surface area contributed by atoms with Crippen LogP contribution in [0.1, 0.15) is 13.8 Å². The average Bonchev–Trinajstić information content (AvgIpc) is 1.88. The number of halogens is 2. The van der Waals surface area contributed by atoms with Crippen LogP contribution in [0.5, 0.6) is 0 Å². The molecule has 2 N–H and O–H groups in total. The minimum atomic E-state index is 0.765. The fourth-order valence-electron chi connectivity index (χ4n) is 0.452. The van der Waals surface area contributed by atoms with Crippen molar-refractivity contribution in [3.8, 4) is 0 Å². The number of allylic oxidation sites excluding steroid dienone is 4. The Hall–Kier alpha value is 1.17. The third-order valence-corrected chi connectivity index (χ3v) is 5.12. The van der Waals surface area contributed by atoms with Crippen molar-refractivity contribution in [2.24, 2.45) is 5.73 Å². The van der Waals surface area contributed by atoms with Crippen LogP contribution in [0.15, 0.2) is 20.7 Å². The second-order valence-electron chi connectivity index (χ2n) is 1.79. The first-order valence-corrected chi connectivity index (χ1v) is 7.98. The first-order valence-electron chi connectivity index (χ1n) is 2.78. The van der Waals surface area contributed by atoms with Crippen LogP contribution in [0.3, 0.4) is 0 Å². The lowest BCUT2D eigenvalue weighted by molar-refractivity contribution is 1.30. The molecular formula is C6H10I2NP. The molecule has 0 aliphatic heterocycles. The zero-order valence-electron chi connectivity index (χ0n) is 5.91. The summed E-state index contributed by atoms with van der Waals surface area (Å²) in [6.45, 7) is 3.98. The highest BCUT2D eigenvalue weighted by Crippen LogP contribution is 2.40. The van der Waals surface area contributed by atoms with Gasteiger partial charge in [0.1, 0.15) is 0 Å². The molecule has 0 fully saturated rings. The molecule has 0 aliphatic carbocycles. The Kier molecular flexibility index (Phi) is 6.45. The Labute approximate surface area is 90.3 Å². The molecule has 1 unspecified atom stereocenters. The van der Waals surface area contributed by atoms with Crippen LogP contribution < -0.4 is 5.73 Å². The topological polar surface area (TPSA) is 26.0 Å². The third-order valence-electron chi connectivity index (χ3n) is 0.981. The maximum atomic E-state index is 5.66. The maximum Gasteiger partial charge on any atom is 0.0186 e. The average molecular weight is 381 g/mol. The highest BCUT2D eigenvalue weighted by atomic mass is 127. The largest absolute Gasteiger partial charge is 0.402 e. The van der Waals surface area contributed by atoms with E-state index in [2.05, 4.69) is 50.7 Å². The van der Waals surface area contributed by atoms with E-state index in [4.69, 9.17) is 5.73 Å². The van der Waals surface area contributed by atoms with Gasteiger partial charge in [-0.1, -0.05) is 28.1 Å². The van der Waals surface area contributed by atoms with E-state index < -0.39 is 0 Å². The summed E-state index contributed by atoms with van der Waals surface area (Å²) in [6.07, 6.45) is 2.85. The van der Waals surface area contributed by atoms with E-state index in [0.29, 0.717) is 0 Å². The van der Waals surface area contributed by atoms with Crippen LogP contribution in [-0.2, 0) is 0 Å². The van der Waals surface area contributed by atoms with Crippen LogP contribution in [0.2, 0.25) is 0 Å². The summed E-state index contributed by atoms with van der Waals surface area (Å²) in [5.74, 6) is 0. The Balaban J connectivity index is 4.54. The molecule has 58 valence electrons. The van der Waals surface area contributed by atoms with Gasteiger partial charge >= 0.3 is 0 Å². The predicted octanol–water partition coefficient (Wildman–Crippen LogP) is 3.54. The highest BCUT2D eigenvalue weighted by molar-refractivity contribution is 14.2. The van der Waals surface area contributed by atoms with Gasteiger partial charge in [-0.2, -0.15) is 0 Å². The van der Waals surface area contributed by atoms with E-state index in [1.807, 2.05) is 13.8 Å². The van der Waals surface area contributed by atoms with E-state index in [9.17, 15) is 0 Å². The molecule has 1 atom stereocenters. The second-order valence-corrected chi connectivity index (χ2v) is 5.26. The van der Waals surface area contributed by atoms with Crippen LogP contribution in [-0.4, -0.2) is 0 Å². The molecule has 0 aliphatic rings. The molecule has 1 nitrogen and oxygen atoms in total. The fraction of sp³-hybridized carbons (Fsp3) is 0.333. The molecule has 4 heteroatoms. The predicted molar refractivity (Wildman–Crippen MR) is 67.0 cm³/mol. The van der Waals surface area contributed by atoms with Crippen LogP contribution >= 0.6 is 50.9 Å². The Bertz CT molecular complexity index is 164.